The van der Waals surface area contributed by atoms with Gasteiger partial charge in [0, 0.05) is 19.6 Å². The molecule has 0 radical (unpaired) electrons. The van der Waals surface area contributed by atoms with Gasteiger partial charge < -0.3 is 10.1 Å². The minimum absolute atomic E-state index is 0.316. The van der Waals surface area contributed by atoms with Gasteiger partial charge in [0.15, 0.2) is 0 Å². The van der Waals surface area contributed by atoms with Crippen molar-refractivity contribution < 1.29 is 9.53 Å². The fourth-order valence-electron chi connectivity index (χ4n) is 2.61. The number of benzene rings is 1. The molecule has 0 saturated carbocycles. The molecule has 1 N–H and O–H groups in total. The summed E-state index contributed by atoms with van der Waals surface area (Å²) >= 11 is 0. The maximum Gasteiger partial charge on any atom is 0.407 e. The number of nitrogens with one attached hydrogen (secondary N) is 1. The first kappa shape index (κ1) is 15.8. The quantitative estimate of drug-likeness (QED) is 0.926. The Morgan fingerprint density at radius 1 is 1.33 bits per heavy atom. The van der Waals surface area contributed by atoms with Crippen molar-refractivity contribution in [3.8, 4) is 0 Å². The Balaban J connectivity index is 1.69. The molecule has 0 unspecified atom stereocenters. The number of alkyl carbamates (subject to hydrolysis) is 1. The molecular formula is C17H26N2O2. The summed E-state index contributed by atoms with van der Waals surface area (Å²) in [4.78, 5) is 14.1. The second kappa shape index (κ2) is 6.94. The van der Waals surface area contributed by atoms with E-state index in [0.29, 0.717) is 12.5 Å². The van der Waals surface area contributed by atoms with Crippen LogP contribution in [-0.2, 0) is 11.3 Å². The fourth-order valence-corrected chi connectivity index (χ4v) is 2.61. The van der Waals surface area contributed by atoms with Crippen molar-refractivity contribution in [2.45, 2.75) is 39.3 Å². The van der Waals surface area contributed by atoms with Crippen molar-refractivity contribution in [1.29, 1.82) is 0 Å². The number of ether oxygens (including phenoxy) is 1. The molecule has 4 heteroatoms. The highest BCUT2D eigenvalue weighted by atomic mass is 16.6. The summed E-state index contributed by atoms with van der Waals surface area (Å²) in [6.07, 6.45) is 0.812. The first-order chi connectivity index (χ1) is 9.92. The normalized spacial score (nSPS) is 19.5. The summed E-state index contributed by atoms with van der Waals surface area (Å²) in [5.74, 6) is 0.515. The van der Waals surface area contributed by atoms with E-state index >= 15 is 0 Å². The van der Waals surface area contributed by atoms with E-state index in [9.17, 15) is 4.79 Å². The van der Waals surface area contributed by atoms with Gasteiger partial charge in [-0.3, -0.25) is 4.90 Å². The molecule has 21 heavy (non-hydrogen) atoms. The lowest BCUT2D eigenvalue weighted by Gasteiger charge is -2.21. The standard InChI is InChI=1S/C17H26N2O2/c1-17(2,3)21-16(20)18-11-15-9-10-19(13-15)12-14-7-5-4-6-8-14/h4-8,15H,9-13H2,1-3H3,(H,18,20)/t15-/m1/s1. The highest BCUT2D eigenvalue weighted by Gasteiger charge is 2.23. The molecule has 116 valence electrons. The summed E-state index contributed by atoms with van der Waals surface area (Å²) in [5.41, 5.74) is 0.914. The molecular weight excluding hydrogens is 264 g/mol. The summed E-state index contributed by atoms with van der Waals surface area (Å²) in [7, 11) is 0. The van der Waals surface area contributed by atoms with Crippen LogP contribution in [-0.4, -0.2) is 36.2 Å². The first-order valence-corrected chi connectivity index (χ1v) is 7.65. The Kier molecular flexibility index (Phi) is 5.23. The van der Waals surface area contributed by atoms with Gasteiger partial charge in [0.25, 0.3) is 0 Å². The van der Waals surface area contributed by atoms with Crippen LogP contribution in [0.2, 0.25) is 0 Å². The number of carbonyl (C=O) groups excluding carboxylic acids is 1. The molecule has 0 aromatic heterocycles. The minimum atomic E-state index is -0.431. The molecule has 0 aliphatic carbocycles. The highest BCUT2D eigenvalue weighted by molar-refractivity contribution is 5.67. The first-order valence-electron chi connectivity index (χ1n) is 7.65. The van der Waals surface area contributed by atoms with Gasteiger partial charge in [-0.2, -0.15) is 0 Å². The number of carbonyl (C=O) groups is 1. The number of hydrogen-bond donors (Lipinski definition) is 1. The molecule has 0 spiro atoms. The van der Waals surface area contributed by atoms with Gasteiger partial charge in [-0.05, 0) is 45.2 Å². The maximum absolute atomic E-state index is 11.6. The third-order valence-electron chi connectivity index (χ3n) is 3.55. The molecule has 1 saturated heterocycles. The third-order valence-corrected chi connectivity index (χ3v) is 3.55. The molecule has 2 rings (SSSR count). The van der Waals surface area contributed by atoms with E-state index in [1.807, 2.05) is 26.8 Å². The summed E-state index contributed by atoms with van der Waals surface area (Å²) in [6.45, 7) is 9.45. The van der Waals surface area contributed by atoms with E-state index in [4.69, 9.17) is 4.74 Å². The average Bonchev–Trinajstić information content (AvgIpc) is 2.83. The van der Waals surface area contributed by atoms with E-state index in [2.05, 4.69) is 34.5 Å². The van der Waals surface area contributed by atoms with E-state index < -0.39 is 5.60 Å². The molecule has 1 heterocycles. The predicted octanol–water partition coefficient (Wildman–Crippen LogP) is 3.03. The molecule has 1 fully saturated rings. The molecule has 1 amide bonds. The molecule has 1 atom stereocenters. The van der Waals surface area contributed by atoms with Crippen LogP contribution in [0.1, 0.15) is 32.8 Å². The Morgan fingerprint density at radius 3 is 2.71 bits per heavy atom. The Morgan fingerprint density at radius 2 is 2.05 bits per heavy atom. The summed E-state index contributed by atoms with van der Waals surface area (Å²) < 4.78 is 5.26. The Hall–Kier alpha value is -1.55. The van der Waals surface area contributed by atoms with Crippen LogP contribution in [0.3, 0.4) is 0 Å². The van der Waals surface area contributed by atoms with Gasteiger partial charge in [-0.25, -0.2) is 4.79 Å². The molecule has 1 aromatic carbocycles. The van der Waals surface area contributed by atoms with Crippen LogP contribution in [0, 0.1) is 5.92 Å². The average molecular weight is 290 g/mol. The van der Waals surface area contributed by atoms with E-state index in [1.54, 1.807) is 0 Å². The van der Waals surface area contributed by atoms with Crippen molar-refractivity contribution >= 4 is 6.09 Å². The van der Waals surface area contributed by atoms with Crippen LogP contribution in [0.5, 0.6) is 0 Å². The van der Waals surface area contributed by atoms with Crippen molar-refractivity contribution in [2.24, 2.45) is 5.92 Å². The van der Waals surface area contributed by atoms with Gasteiger partial charge in [0.2, 0.25) is 0 Å². The van der Waals surface area contributed by atoms with E-state index in [0.717, 1.165) is 26.1 Å². The van der Waals surface area contributed by atoms with Crippen molar-refractivity contribution in [1.82, 2.24) is 10.2 Å². The van der Waals surface area contributed by atoms with Gasteiger partial charge in [0.05, 0.1) is 0 Å². The lowest BCUT2D eigenvalue weighted by atomic mass is 10.1. The highest BCUT2D eigenvalue weighted by Crippen LogP contribution is 2.18. The third kappa shape index (κ3) is 5.76. The topological polar surface area (TPSA) is 41.6 Å². The maximum atomic E-state index is 11.6. The van der Waals surface area contributed by atoms with Crippen molar-refractivity contribution in [3.05, 3.63) is 35.9 Å². The number of hydrogen-bond acceptors (Lipinski definition) is 3. The van der Waals surface area contributed by atoms with Crippen LogP contribution < -0.4 is 5.32 Å². The lowest BCUT2D eigenvalue weighted by molar-refractivity contribution is 0.0519. The number of amides is 1. The van der Waals surface area contributed by atoms with Crippen molar-refractivity contribution in [3.63, 3.8) is 0 Å². The largest absolute Gasteiger partial charge is 0.444 e. The minimum Gasteiger partial charge on any atom is -0.444 e. The van der Waals surface area contributed by atoms with E-state index in [1.165, 1.54) is 5.56 Å². The van der Waals surface area contributed by atoms with Crippen LogP contribution in [0.15, 0.2) is 30.3 Å². The van der Waals surface area contributed by atoms with Gasteiger partial charge in [-0.15, -0.1) is 0 Å². The number of likely N-dealkylation sites (tertiary alicyclic amines) is 1. The Labute approximate surface area is 127 Å². The van der Waals surface area contributed by atoms with Crippen LogP contribution in [0.25, 0.3) is 0 Å². The molecule has 1 aliphatic rings. The zero-order chi connectivity index (χ0) is 15.3. The smallest absolute Gasteiger partial charge is 0.407 e. The lowest BCUT2D eigenvalue weighted by Crippen LogP contribution is -2.35. The zero-order valence-corrected chi connectivity index (χ0v) is 13.3. The number of nitrogens with zero attached hydrogens (tertiary/aromatic N) is 1. The Bertz CT molecular complexity index is 454. The molecule has 0 bridgehead atoms. The summed E-state index contributed by atoms with van der Waals surface area (Å²) in [6, 6.07) is 10.5. The monoisotopic (exact) mass is 290 g/mol. The second-order valence-electron chi connectivity index (χ2n) is 6.76. The van der Waals surface area contributed by atoms with Gasteiger partial charge >= 0.3 is 6.09 Å². The fraction of sp³-hybridized carbons (Fsp3) is 0.588. The van der Waals surface area contributed by atoms with Gasteiger partial charge in [-0.1, -0.05) is 30.3 Å². The predicted molar refractivity (Wildman–Crippen MR) is 84.1 cm³/mol. The zero-order valence-electron chi connectivity index (χ0n) is 13.3. The molecule has 1 aliphatic heterocycles. The SMILES string of the molecule is CC(C)(C)OC(=O)NC[C@H]1CCN(Cc2ccccc2)C1. The van der Waals surface area contributed by atoms with Crippen molar-refractivity contribution in [2.75, 3.05) is 19.6 Å². The number of rotatable bonds is 4. The molecule has 1 aromatic rings. The van der Waals surface area contributed by atoms with Crippen LogP contribution in [0.4, 0.5) is 4.79 Å². The second-order valence-corrected chi connectivity index (χ2v) is 6.76. The summed E-state index contributed by atoms with van der Waals surface area (Å²) in [5, 5.41) is 2.88. The van der Waals surface area contributed by atoms with Gasteiger partial charge in [0.1, 0.15) is 5.60 Å². The van der Waals surface area contributed by atoms with Crippen LogP contribution >= 0.6 is 0 Å². The molecule has 4 nitrogen and oxygen atoms in total. The van der Waals surface area contributed by atoms with E-state index in [-0.39, 0.29) is 6.09 Å².